The number of nitrogens with one attached hydrogen (secondary N) is 1. The largest absolute Gasteiger partial charge is 0.505 e. The Morgan fingerprint density at radius 2 is 1.57 bits per heavy atom. The van der Waals surface area contributed by atoms with Crippen LogP contribution in [0.4, 0.5) is 4.39 Å². The van der Waals surface area contributed by atoms with Crippen molar-refractivity contribution in [1.29, 1.82) is 0 Å². The van der Waals surface area contributed by atoms with Crippen LogP contribution < -0.4 is 5.32 Å². The minimum absolute atomic E-state index is 0.0836. The zero-order valence-electron chi connectivity index (χ0n) is 13.9. The van der Waals surface area contributed by atoms with Gasteiger partial charge in [0.2, 0.25) is 0 Å². The van der Waals surface area contributed by atoms with E-state index >= 15 is 0 Å². The Morgan fingerprint density at radius 1 is 1.00 bits per heavy atom. The van der Waals surface area contributed by atoms with E-state index in [9.17, 15) is 14.3 Å². The van der Waals surface area contributed by atoms with Gasteiger partial charge in [-0.2, -0.15) is 0 Å². The highest BCUT2D eigenvalue weighted by molar-refractivity contribution is 5.94. The van der Waals surface area contributed by atoms with Crippen molar-refractivity contribution >= 4 is 5.91 Å². The first-order valence-corrected chi connectivity index (χ1v) is 8.74. The van der Waals surface area contributed by atoms with Crippen LogP contribution >= 0.6 is 0 Å². The zero-order valence-corrected chi connectivity index (χ0v) is 13.9. The Bertz CT molecular complexity index is 441. The van der Waals surface area contributed by atoms with Gasteiger partial charge < -0.3 is 10.4 Å². The summed E-state index contributed by atoms with van der Waals surface area (Å²) in [7, 11) is 0. The number of hydrogen-bond donors (Lipinski definition) is 2. The fourth-order valence-corrected chi connectivity index (χ4v) is 2.49. The highest BCUT2D eigenvalue weighted by Gasteiger charge is 2.10. The second-order valence-corrected chi connectivity index (χ2v) is 5.85. The van der Waals surface area contributed by atoms with E-state index in [1.807, 2.05) is 0 Å². The van der Waals surface area contributed by atoms with Crippen LogP contribution in [0.5, 0.6) is 5.75 Å². The Labute approximate surface area is 138 Å². The lowest BCUT2D eigenvalue weighted by molar-refractivity contribution is 0.0945. The molecule has 0 radical (unpaired) electrons. The fourth-order valence-electron chi connectivity index (χ4n) is 2.49. The molecule has 1 rings (SSSR count). The molecular weight excluding hydrogens is 295 g/mol. The first-order valence-electron chi connectivity index (χ1n) is 8.74. The van der Waals surface area contributed by atoms with Crippen molar-refractivity contribution in [2.75, 3.05) is 13.2 Å². The molecule has 0 aliphatic carbocycles. The van der Waals surface area contributed by atoms with Crippen molar-refractivity contribution in [2.45, 2.75) is 64.2 Å². The molecule has 4 nitrogen and oxygen atoms in total. The van der Waals surface area contributed by atoms with E-state index in [-0.39, 0.29) is 24.0 Å². The molecule has 1 aromatic rings. The summed E-state index contributed by atoms with van der Waals surface area (Å²) >= 11 is 0. The first-order chi connectivity index (χ1) is 11.3. The van der Waals surface area contributed by atoms with E-state index in [4.69, 9.17) is 0 Å². The quantitative estimate of drug-likeness (QED) is 0.529. The van der Waals surface area contributed by atoms with Gasteiger partial charge >= 0.3 is 0 Å². The summed E-state index contributed by atoms with van der Waals surface area (Å²) in [6.07, 6.45) is 12.5. The summed E-state index contributed by atoms with van der Waals surface area (Å²) < 4.78 is 11.9. The summed E-state index contributed by atoms with van der Waals surface area (Å²) in [5, 5.41) is 12.3. The van der Waals surface area contributed by atoms with Crippen LogP contribution in [0.15, 0.2) is 18.3 Å². The molecule has 0 unspecified atom stereocenters. The number of halogens is 1. The average Bonchev–Trinajstić information content (AvgIpc) is 2.56. The summed E-state index contributed by atoms with van der Waals surface area (Å²) in [5.41, 5.74) is 0.0836. The standard InChI is InChI=1S/C18H29FN2O2/c19-13-9-7-5-3-1-2-4-6-8-10-14-21-18(23)17-16(22)12-11-15-20-17/h11-12,15,22H,1-10,13-14H2,(H,21,23). The minimum atomic E-state index is -0.323. The molecule has 5 heteroatoms. The number of pyridine rings is 1. The van der Waals surface area contributed by atoms with Crippen LogP contribution in [0.3, 0.4) is 0 Å². The van der Waals surface area contributed by atoms with Crippen LogP contribution in [-0.2, 0) is 0 Å². The second-order valence-electron chi connectivity index (χ2n) is 5.85. The molecule has 0 spiro atoms. The molecule has 130 valence electrons. The van der Waals surface area contributed by atoms with Crippen molar-refractivity contribution in [3.05, 3.63) is 24.0 Å². The van der Waals surface area contributed by atoms with E-state index in [1.165, 1.54) is 44.4 Å². The van der Waals surface area contributed by atoms with Gasteiger partial charge in [-0.1, -0.05) is 51.4 Å². The van der Waals surface area contributed by atoms with E-state index in [0.717, 1.165) is 25.7 Å². The van der Waals surface area contributed by atoms with E-state index in [2.05, 4.69) is 10.3 Å². The maximum Gasteiger partial charge on any atom is 0.273 e. The molecule has 0 aliphatic heterocycles. The minimum Gasteiger partial charge on any atom is -0.505 e. The van der Waals surface area contributed by atoms with Gasteiger partial charge in [0, 0.05) is 12.7 Å². The van der Waals surface area contributed by atoms with E-state index in [0.29, 0.717) is 13.0 Å². The number of unbranched alkanes of at least 4 members (excludes halogenated alkanes) is 9. The molecule has 1 aromatic heterocycles. The Morgan fingerprint density at radius 3 is 2.13 bits per heavy atom. The molecule has 2 N–H and O–H groups in total. The van der Waals surface area contributed by atoms with Crippen molar-refractivity contribution in [2.24, 2.45) is 0 Å². The van der Waals surface area contributed by atoms with Crippen LogP contribution in [0.2, 0.25) is 0 Å². The Kier molecular flexibility index (Phi) is 10.8. The number of hydrogen-bond acceptors (Lipinski definition) is 3. The zero-order chi connectivity index (χ0) is 16.8. The fraction of sp³-hybridized carbons (Fsp3) is 0.667. The highest BCUT2D eigenvalue weighted by atomic mass is 19.1. The summed E-state index contributed by atoms with van der Waals surface area (Å²) in [4.78, 5) is 15.7. The molecule has 0 atom stereocenters. The number of aromatic hydroxyl groups is 1. The van der Waals surface area contributed by atoms with Crippen LogP contribution in [0.1, 0.15) is 74.7 Å². The van der Waals surface area contributed by atoms with Gasteiger partial charge in [0.25, 0.3) is 5.91 Å². The maximum absolute atomic E-state index is 11.9. The topological polar surface area (TPSA) is 62.2 Å². The lowest BCUT2D eigenvalue weighted by atomic mass is 10.1. The summed E-state index contributed by atoms with van der Waals surface area (Å²) in [6.45, 7) is 0.425. The third-order valence-electron chi connectivity index (χ3n) is 3.85. The molecule has 1 heterocycles. The van der Waals surface area contributed by atoms with Crippen LogP contribution in [-0.4, -0.2) is 29.2 Å². The number of nitrogens with zero attached hydrogens (tertiary/aromatic N) is 1. The Hall–Kier alpha value is -1.65. The van der Waals surface area contributed by atoms with Gasteiger partial charge in [0.15, 0.2) is 5.69 Å². The van der Waals surface area contributed by atoms with Crippen molar-refractivity contribution in [1.82, 2.24) is 10.3 Å². The molecule has 0 saturated heterocycles. The number of alkyl halides is 1. The van der Waals surface area contributed by atoms with Gasteiger partial charge in [-0.05, 0) is 25.0 Å². The van der Waals surface area contributed by atoms with Gasteiger partial charge in [-0.3, -0.25) is 9.18 Å². The summed E-state index contributed by atoms with van der Waals surface area (Å²) in [6, 6.07) is 3.05. The van der Waals surface area contributed by atoms with Crippen molar-refractivity contribution in [3.63, 3.8) is 0 Å². The molecule has 1 amide bonds. The van der Waals surface area contributed by atoms with E-state index in [1.54, 1.807) is 6.07 Å². The van der Waals surface area contributed by atoms with Crippen molar-refractivity contribution in [3.8, 4) is 5.75 Å². The predicted molar refractivity (Wildman–Crippen MR) is 90.4 cm³/mol. The van der Waals surface area contributed by atoms with Gasteiger partial charge in [-0.15, -0.1) is 0 Å². The number of carbonyl (C=O) groups is 1. The molecule has 0 aliphatic rings. The monoisotopic (exact) mass is 324 g/mol. The summed E-state index contributed by atoms with van der Waals surface area (Å²) in [5.74, 6) is -0.409. The average molecular weight is 324 g/mol. The highest BCUT2D eigenvalue weighted by Crippen LogP contribution is 2.12. The molecule has 0 fully saturated rings. The third-order valence-corrected chi connectivity index (χ3v) is 3.85. The normalized spacial score (nSPS) is 10.7. The predicted octanol–water partition coefficient (Wildman–Crippen LogP) is 4.39. The van der Waals surface area contributed by atoms with Crippen LogP contribution in [0, 0.1) is 0 Å². The molecule has 0 bridgehead atoms. The van der Waals surface area contributed by atoms with Gasteiger partial charge in [0.05, 0.1) is 6.67 Å². The smallest absolute Gasteiger partial charge is 0.273 e. The molecule has 0 saturated carbocycles. The molecule has 23 heavy (non-hydrogen) atoms. The lowest BCUT2D eigenvalue weighted by Gasteiger charge is -2.06. The third kappa shape index (κ3) is 9.16. The SMILES string of the molecule is O=C(NCCCCCCCCCCCCF)c1ncccc1O. The lowest BCUT2D eigenvalue weighted by Crippen LogP contribution is -2.25. The number of aromatic nitrogens is 1. The molecule has 0 aromatic carbocycles. The Balaban J connectivity index is 1.92. The molecular formula is C18H29FN2O2. The number of carbonyl (C=O) groups excluding carboxylic acids is 1. The van der Waals surface area contributed by atoms with E-state index < -0.39 is 0 Å². The van der Waals surface area contributed by atoms with Crippen molar-refractivity contribution < 1.29 is 14.3 Å². The number of amides is 1. The first kappa shape index (κ1) is 19.4. The maximum atomic E-state index is 11.9. The van der Waals surface area contributed by atoms with Gasteiger partial charge in [-0.25, -0.2) is 4.98 Å². The van der Waals surface area contributed by atoms with Crippen LogP contribution in [0.25, 0.3) is 0 Å². The second kappa shape index (κ2) is 12.9. The van der Waals surface area contributed by atoms with Gasteiger partial charge in [0.1, 0.15) is 5.75 Å². The number of rotatable bonds is 13.